The third-order valence-electron chi connectivity index (χ3n) is 8.22. The highest BCUT2D eigenvalue weighted by Crippen LogP contribution is 2.33. The van der Waals surface area contributed by atoms with Gasteiger partial charge >= 0.3 is 0 Å². The molecule has 0 spiro atoms. The van der Waals surface area contributed by atoms with Crippen LogP contribution in [0, 0.1) is 11.6 Å². The number of hydrogen-bond donors (Lipinski definition) is 0. The number of benzene rings is 6. The van der Waals surface area contributed by atoms with E-state index in [1.807, 2.05) is 72.8 Å². The molecule has 6 aromatic carbocycles. The molecule has 48 heavy (non-hydrogen) atoms. The lowest BCUT2D eigenvalue weighted by molar-refractivity contribution is 0.103. The van der Waals surface area contributed by atoms with Crippen LogP contribution in [0.1, 0.15) is 15.9 Å². The summed E-state index contributed by atoms with van der Waals surface area (Å²) in [4.78, 5) is 33.1. The van der Waals surface area contributed by atoms with Crippen LogP contribution in [0.5, 0.6) is 0 Å². The first kappa shape index (κ1) is 29.0. The molecule has 0 unspecified atom stereocenters. The Bertz CT molecular complexity index is 2290. The first-order valence-electron chi connectivity index (χ1n) is 15.3. The number of para-hydroxylation sites is 4. The van der Waals surface area contributed by atoms with E-state index in [0.29, 0.717) is 33.9 Å². The van der Waals surface area contributed by atoms with Crippen LogP contribution in [0.4, 0.5) is 8.78 Å². The summed E-state index contributed by atoms with van der Waals surface area (Å²) in [5, 5.41) is 0. The molecule has 0 saturated heterocycles. The first-order valence-corrected chi connectivity index (χ1v) is 15.3. The molecule has 5 nitrogen and oxygen atoms in total. The van der Waals surface area contributed by atoms with Crippen molar-refractivity contribution < 1.29 is 13.6 Å². The second kappa shape index (κ2) is 12.0. The van der Waals surface area contributed by atoms with Crippen LogP contribution in [0.2, 0.25) is 0 Å². The van der Waals surface area contributed by atoms with Crippen molar-refractivity contribution >= 4 is 27.9 Å². The Labute approximate surface area is 274 Å². The Balaban J connectivity index is 1.12. The summed E-state index contributed by atoms with van der Waals surface area (Å²) in [6.07, 6.45) is 0. The van der Waals surface area contributed by atoms with E-state index >= 15 is 0 Å². The van der Waals surface area contributed by atoms with Crippen molar-refractivity contribution in [2.24, 2.45) is 0 Å². The van der Waals surface area contributed by atoms with E-state index in [-0.39, 0.29) is 17.4 Å². The van der Waals surface area contributed by atoms with Gasteiger partial charge < -0.3 is 0 Å². The zero-order chi connectivity index (χ0) is 32.6. The van der Waals surface area contributed by atoms with Crippen molar-refractivity contribution in [1.29, 1.82) is 0 Å². The van der Waals surface area contributed by atoms with E-state index in [1.54, 1.807) is 48.5 Å². The third-order valence-corrected chi connectivity index (χ3v) is 8.22. The Hall–Kier alpha value is -6.47. The second-order valence-electron chi connectivity index (χ2n) is 11.3. The summed E-state index contributed by atoms with van der Waals surface area (Å²) in [5.41, 5.74) is 9.52. The molecule has 2 aromatic heterocycles. The highest BCUT2D eigenvalue weighted by atomic mass is 19.1. The molecule has 0 saturated carbocycles. The molecule has 0 aliphatic heterocycles. The molecule has 8 aromatic rings. The molecule has 0 aliphatic rings. The van der Waals surface area contributed by atoms with Gasteiger partial charge in [0.15, 0.2) is 5.78 Å². The van der Waals surface area contributed by atoms with Crippen LogP contribution in [-0.4, -0.2) is 25.7 Å². The Morgan fingerprint density at radius 2 is 0.604 bits per heavy atom. The van der Waals surface area contributed by atoms with Crippen LogP contribution in [-0.2, 0) is 0 Å². The van der Waals surface area contributed by atoms with E-state index in [2.05, 4.69) is 0 Å². The lowest BCUT2D eigenvalue weighted by atomic mass is 9.97. The van der Waals surface area contributed by atoms with E-state index in [9.17, 15) is 13.6 Å². The van der Waals surface area contributed by atoms with Gasteiger partial charge in [-0.3, -0.25) is 4.79 Å². The smallest absolute Gasteiger partial charge is 0.193 e. The van der Waals surface area contributed by atoms with Gasteiger partial charge in [0.1, 0.15) is 11.6 Å². The molecule has 7 heteroatoms. The predicted molar refractivity (Wildman–Crippen MR) is 184 cm³/mol. The van der Waals surface area contributed by atoms with Crippen LogP contribution >= 0.6 is 0 Å². The van der Waals surface area contributed by atoms with Crippen molar-refractivity contribution in [3.8, 4) is 45.0 Å². The largest absolute Gasteiger partial charge is 0.289 e. The Morgan fingerprint density at radius 1 is 0.354 bits per heavy atom. The maximum atomic E-state index is 13.7. The molecule has 0 aliphatic carbocycles. The van der Waals surface area contributed by atoms with Crippen LogP contribution in [0.3, 0.4) is 0 Å². The fraction of sp³-hybridized carbons (Fsp3) is 0. The van der Waals surface area contributed by atoms with Crippen molar-refractivity contribution in [1.82, 2.24) is 19.9 Å². The number of ketones is 1. The standard InChI is InChI=1S/C41H24F2N4O/c42-31-21-17-27(18-22-31)39-37(44-33-5-1-3-7-35(33)46-39)25-9-13-29(14-10-25)41(48)30-15-11-26(12-16-30)38-40(28-19-23-32(43)24-20-28)47-36-8-4-2-6-34(36)45-38/h1-24H. The summed E-state index contributed by atoms with van der Waals surface area (Å²) >= 11 is 0. The van der Waals surface area contributed by atoms with Crippen LogP contribution in [0.25, 0.3) is 67.1 Å². The van der Waals surface area contributed by atoms with E-state index in [0.717, 1.165) is 44.3 Å². The molecule has 0 N–H and O–H groups in total. The van der Waals surface area contributed by atoms with Gasteiger partial charge in [-0.15, -0.1) is 0 Å². The monoisotopic (exact) mass is 626 g/mol. The van der Waals surface area contributed by atoms with Crippen LogP contribution < -0.4 is 0 Å². The minimum absolute atomic E-state index is 0.139. The number of hydrogen-bond acceptors (Lipinski definition) is 5. The molecule has 0 amide bonds. The minimum atomic E-state index is -0.330. The first-order chi connectivity index (χ1) is 23.5. The topological polar surface area (TPSA) is 68.6 Å². The second-order valence-corrected chi connectivity index (χ2v) is 11.3. The third kappa shape index (κ3) is 5.48. The molecule has 8 rings (SSSR count). The zero-order valence-electron chi connectivity index (χ0n) is 25.3. The molecule has 0 atom stereocenters. The lowest BCUT2D eigenvalue weighted by Gasteiger charge is -2.12. The molecular weight excluding hydrogens is 602 g/mol. The fourth-order valence-electron chi connectivity index (χ4n) is 5.75. The summed E-state index contributed by atoms with van der Waals surface area (Å²) in [7, 11) is 0. The maximum absolute atomic E-state index is 13.7. The molecule has 228 valence electrons. The molecule has 2 heterocycles. The maximum Gasteiger partial charge on any atom is 0.193 e. The van der Waals surface area contributed by atoms with Gasteiger partial charge in [-0.05, 0) is 72.8 Å². The number of aromatic nitrogens is 4. The number of halogens is 2. The van der Waals surface area contributed by atoms with Crippen molar-refractivity contribution in [3.63, 3.8) is 0 Å². The highest BCUT2D eigenvalue weighted by molar-refractivity contribution is 6.09. The SMILES string of the molecule is O=C(c1ccc(-c2nc3ccccc3nc2-c2ccc(F)cc2)cc1)c1ccc(-c2nc3ccccc3nc2-c2ccc(F)cc2)cc1. The minimum Gasteiger partial charge on any atom is -0.289 e. The fourth-order valence-corrected chi connectivity index (χ4v) is 5.75. The molecule has 0 fully saturated rings. The van der Waals surface area contributed by atoms with Gasteiger partial charge in [-0.1, -0.05) is 72.8 Å². The summed E-state index contributed by atoms with van der Waals surface area (Å²) < 4.78 is 27.4. The van der Waals surface area contributed by atoms with E-state index in [4.69, 9.17) is 19.9 Å². The lowest BCUT2D eigenvalue weighted by Crippen LogP contribution is -2.02. The number of nitrogens with zero attached hydrogens (tertiary/aromatic N) is 4. The number of carbonyl (C=O) groups is 1. The van der Waals surface area contributed by atoms with Gasteiger partial charge in [0, 0.05) is 33.4 Å². The molecule has 0 bridgehead atoms. The quantitative estimate of drug-likeness (QED) is 0.172. The van der Waals surface area contributed by atoms with Crippen molar-refractivity contribution in [2.75, 3.05) is 0 Å². The van der Waals surface area contributed by atoms with Crippen molar-refractivity contribution in [3.05, 3.63) is 168 Å². The Morgan fingerprint density at radius 3 is 0.875 bits per heavy atom. The van der Waals surface area contributed by atoms with Gasteiger partial charge in [-0.25, -0.2) is 28.7 Å². The molecular formula is C41H24F2N4O. The zero-order valence-corrected chi connectivity index (χ0v) is 25.3. The van der Waals surface area contributed by atoms with Gasteiger partial charge in [0.05, 0.1) is 44.8 Å². The average Bonchev–Trinajstić information content (AvgIpc) is 3.14. The number of fused-ring (bicyclic) bond motifs is 2. The van der Waals surface area contributed by atoms with Crippen molar-refractivity contribution in [2.45, 2.75) is 0 Å². The molecule has 0 radical (unpaired) electrons. The van der Waals surface area contributed by atoms with Gasteiger partial charge in [0.2, 0.25) is 0 Å². The number of carbonyl (C=O) groups excluding carboxylic acids is 1. The van der Waals surface area contributed by atoms with Gasteiger partial charge in [-0.2, -0.15) is 0 Å². The Kier molecular flexibility index (Phi) is 7.27. The van der Waals surface area contributed by atoms with Gasteiger partial charge in [0.25, 0.3) is 0 Å². The normalized spacial score (nSPS) is 11.2. The number of rotatable bonds is 6. The average molecular weight is 627 g/mol. The summed E-state index contributed by atoms with van der Waals surface area (Å²) in [6, 6.07) is 42.1. The van der Waals surface area contributed by atoms with E-state index in [1.165, 1.54) is 24.3 Å². The summed E-state index contributed by atoms with van der Waals surface area (Å²) in [6.45, 7) is 0. The van der Waals surface area contributed by atoms with Crippen LogP contribution in [0.15, 0.2) is 146 Å². The summed E-state index contributed by atoms with van der Waals surface area (Å²) in [5.74, 6) is -0.799. The predicted octanol–water partition coefficient (Wildman–Crippen LogP) is 9.75. The van der Waals surface area contributed by atoms with E-state index < -0.39 is 0 Å². The highest BCUT2D eigenvalue weighted by Gasteiger charge is 2.17.